The first-order valence-electron chi connectivity index (χ1n) is 7.45. The molecule has 0 radical (unpaired) electrons. The van der Waals surface area contributed by atoms with E-state index in [-0.39, 0.29) is 5.41 Å². The fraction of sp³-hybridized carbons (Fsp3) is 0.579. The second-order valence-corrected chi connectivity index (χ2v) is 7.23. The Morgan fingerprint density at radius 3 is 2.00 bits per heavy atom. The van der Waals surface area contributed by atoms with Crippen LogP contribution in [-0.4, -0.2) is 0 Å². The zero-order valence-corrected chi connectivity index (χ0v) is 13.7. The van der Waals surface area contributed by atoms with E-state index in [0.717, 1.165) is 0 Å². The van der Waals surface area contributed by atoms with Gasteiger partial charge >= 0.3 is 0 Å². The molecule has 0 N–H and O–H groups in total. The third-order valence-corrected chi connectivity index (χ3v) is 3.69. The minimum absolute atomic E-state index is 0.247. The maximum Gasteiger partial charge on any atom is -0.0132 e. The first kappa shape index (κ1) is 16.0. The van der Waals surface area contributed by atoms with Gasteiger partial charge in [-0.05, 0) is 48.6 Å². The van der Waals surface area contributed by atoms with Crippen molar-refractivity contribution in [3.63, 3.8) is 0 Å². The van der Waals surface area contributed by atoms with Crippen LogP contribution in [0.5, 0.6) is 0 Å². The Bertz CT molecular complexity index is 410. The lowest BCUT2D eigenvalue weighted by Crippen LogP contribution is -2.11. The fourth-order valence-corrected chi connectivity index (χ4v) is 2.64. The average molecular weight is 258 g/mol. The summed E-state index contributed by atoms with van der Waals surface area (Å²) in [6, 6.07) is 9.19. The third kappa shape index (κ3) is 5.22. The van der Waals surface area contributed by atoms with E-state index < -0.39 is 0 Å². The molecule has 0 aliphatic carbocycles. The van der Waals surface area contributed by atoms with Crippen molar-refractivity contribution in [3.8, 4) is 0 Å². The summed E-state index contributed by atoms with van der Waals surface area (Å²) in [4.78, 5) is 0. The molecule has 0 aliphatic heterocycles. The van der Waals surface area contributed by atoms with Crippen molar-refractivity contribution in [2.75, 3.05) is 0 Å². The Morgan fingerprint density at radius 1 is 1.05 bits per heavy atom. The number of allylic oxidation sites excluding steroid dienone is 2. The van der Waals surface area contributed by atoms with Crippen molar-refractivity contribution in [1.29, 1.82) is 0 Å². The van der Waals surface area contributed by atoms with Crippen LogP contribution in [0, 0.1) is 5.92 Å². The monoisotopic (exact) mass is 258 g/mol. The molecule has 0 saturated carbocycles. The molecule has 19 heavy (non-hydrogen) atoms. The van der Waals surface area contributed by atoms with E-state index in [0.29, 0.717) is 11.8 Å². The number of rotatable bonds is 4. The molecule has 1 aromatic carbocycles. The summed E-state index contributed by atoms with van der Waals surface area (Å²) < 4.78 is 0. The van der Waals surface area contributed by atoms with Crippen molar-refractivity contribution < 1.29 is 0 Å². The van der Waals surface area contributed by atoms with Gasteiger partial charge in [0.1, 0.15) is 0 Å². The predicted octanol–water partition coefficient (Wildman–Crippen LogP) is 6.08. The SMILES string of the molecule is CC(C)=CC(C)CC(C)c1ccc(C(C)(C)C)cc1. The van der Waals surface area contributed by atoms with E-state index in [2.05, 4.69) is 78.8 Å². The second-order valence-electron chi connectivity index (χ2n) is 7.23. The Morgan fingerprint density at radius 2 is 1.58 bits per heavy atom. The summed E-state index contributed by atoms with van der Waals surface area (Å²) >= 11 is 0. The molecule has 0 amide bonds. The highest BCUT2D eigenvalue weighted by molar-refractivity contribution is 5.29. The highest BCUT2D eigenvalue weighted by atomic mass is 14.2. The minimum Gasteiger partial charge on any atom is -0.0830 e. The molecule has 1 rings (SSSR count). The van der Waals surface area contributed by atoms with Gasteiger partial charge in [-0.2, -0.15) is 0 Å². The number of benzene rings is 1. The molecule has 0 saturated heterocycles. The summed E-state index contributed by atoms with van der Waals surface area (Å²) in [6.45, 7) is 15.8. The zero-order chi connectivity index (χ0) is 14.6. The van der Waals surface area contributed by atoms with Gasteiger partial charge in [-0.3, -0.25) is 0 Å². The maximum atomic E-state index is 2.38. The molecule has 2 unspecified atom stereocenters. The molecule has 0 nitrogen and oxygen atoms in total. The second kappa shape index (κ2) is 6.41. The Labute approximate surface area is 119 Å². The van der Waals surface area contributed by atoms with E-state index >= 15 is 0 Å². The molecule has 0 aliphatic rings. The standard InChI is InChI=1S/C19H30/c1-14(2)12-15(3)13-16(4)17-8-10-18(11-9-17)19(5,6)7/h8-12,15-16H,13H2,1-7H3. The van der Waals surface area contributed by atoms with Gasteiger partial charge in [0.25, 0.3) is 0 Å². The van der Waals surface area contributed by atoms with Crippen LogP contribution in [0.25, 0.3) is 0 Å². The Hall–Kier alpha value is -1.04. The molecular weight excluding hydrogens is 228 g/mol. The van der Waals surface area contributed by atoms with Crippen molar-refractivity contribution >= 4 is 0 Å². The third-order valence-electron chi connectivity index (χ3n) is 3.69. The van der Waals surface area contributed by atoms with Crippen LogP contribution in [0.4, 0.5) is 0 Å². The van der Waals surface area contributed by atoms with Crippen molar-refractivity contribution in [3.05, 3.63) is 47.0 Å². The van der Waals surface area contributed by atoms with Gasteiger partial charge in [-0.1, -0.05) is 70.5 Å². The van der Waals surface area contributed by atoms with Crippen molar-refractivity contribution in [1.82, 2.24) is 0 Å². The quantitative estimate of drug-likeness (QED) is 0.574. The van der Waals surface area contributed by atoms with E-state index in [4.69, 9.17) is 0 Å². The van der Waals surface area contributed by atoms with Crippen LogP contribution < -0.4 is 0 Å². The van der Waals surface area contributed by atoms with Gasteiger partial charge < -0.3 is 0 Å². The first-order chi connectivity index (χ1) is 8.70. The first-order valence-corrected chi connectivity index (χ1v) is 7.45. The molecule has 2 atom stereocenters. The van der Waals surface area contributed by atoms with Gasteiger partial charge in [0, 0.05) is 0 Å². The normalized spacial score (nSPS) is 14.9. The molecule has 0 bridgehead atoms. The van der Waals surface area contributed by atoms with E-state index in [9.17, 15) is 0 Å². The van der Waals surface area contributed by atoms with E-state index in [1.807, 2.05) is 0 Å². The maximum absolute atomic E-state index is 2.38. The molecule has 0 heterocycles. The molecule has 106 valence electrons. The molecule has 0 spiro atoms. The predicted molar refractivity (Wildman–Crippen MR) is 86.8 cm³/mol. The van der Waals surface area contributed by atoms with Gasteiger partial charge in [-0.15, -0.1) is 0 Å². The van der Waals surface area contributed by atoms with Gasteiger partial charge in [-0.25, -0.2) is 0 Å². The van der Waals surface area contributed by atoms with Gasteiger partial charge in [0.2, 0.25) is 0 Å². The van der Waals surface area contributed by atoms with E-state index in [1.54, 1.807) is 0 Å². The topological polar surface area (TPSA) is 0 Å². The van der Waals surface area contributed by atoms with Crippen LogP contribution in [0.1, 0.15) is 71.9 Å². The molecule has 0 aromatic heterocycles. The summed E-state index contributed by atoms with van der Waals surface area (Å²) in [5.41, 5.74) is 4.54. The van der Waals surface area contributed by atoms with Crippen molar-refractivity contribution in [2.24, 2.45) is 5.92 Å². The van der Waals surface area contributed by atoms with Gasteiger partial charge in [0.05, 0.1) is 0 Å². The number of hydrogen-bond donors (Lipinski definition) is 0. The Kier molecular flexibility index (Phi) is 5.40. The molecule has 1 aromatic rings. The van der Waals surface area contributed by atoms with Crippen LogP contribution >= 0.6 is 0 Å². The summed E-state index contributed by atoms with van der Waals surface area (Å²) in [7, 11) is 0. The molecule has 0 heteroatoms. The van der Waals surface area contributed by atoms with E-state index in [1.165, 1.54) is 23.1 Å². The summed E-state index contributed by atoms with van der Waals surface area (Å²) in [6.07, 6.45) is 3.60. The minimum atomic E-state index is 0.247. The van der Waals surface area contributed by atoms with Crippen LogP contribution in [0.3, 0.4) is 0 Å². The fourth-order valence-electron chi connectivity index (χ4n) is 2.64. The highest BCUT2D eigenvalue weighted by Gasteiger charge is 2.14. The van der Waals surface area contributed by atoms with Crippen molar-refractivity contribution in [2.45, 2.75) is 66.2 Å². The molecular formula is C19H30. The molecule has 0 fully saturated rings. The van der Waals surface area contributed by atoms with Crippen LogP contribution in [0.15, 0.2) is 35.9 Å². The summed E-state index contributed by atoms with van der Waals surface area (Å²) in [5.74, 6) is 1.28. The van der Waals surface area contributed by atoms with Crippen LogP contribution in [0.2, 0.25) is 0 Å². The largest absolute Gasteiger partial charge is 0.0830 e. The van der Waals surface area contributed by atoms with Gasteiger partial charge in [0.15, 0.2) is 0 Å². The zero-order valence-electron chi connectivity index (χ0n) is 13.7. The number of hydrogen-bond acceptors (Lipinski definition) is 0. The van der Waals surface area contributed by atoms with Crippen LogP contribution in [-0.2, 0) is 5.41 Å². The summed E-state index contributed by atoms with van der Waals surface area (Å²) in [5, 5.41) is 0. The average Bonchev–Trinajstić information content (AvgIpc) is 2.26. The lowest BCUT2D eigenvalue weighted by Gasteiger charge is -2.21. The highest BCUT2D eigenvalue weighted by Crippen LogP contribution is 2.28. The smallest absolute Gasteiger partial charge is 0.0132 e. The Balaban J connectivity index is 2.73. The lowest BCUT2D eigenvalue weighted by molar-refractivity contribution is 0.562. The lowest BCUT2D eigenvalue weighted by atomic mass is 9.84.